The molecule has 0 aliphatic rings. The van der Waals surface area contributed by atoms with E-state index in [9.17, 15) is 22.7 Å². The number of phenolic OH excluding ortho intramolecular Hbond substituents is 1. The number of carbonyl (C=O) groups is 1. The highest BCUT2D eigenvalue weighted by Crippen LogP contribution is 2.38. The Morgan fingerprint density at radius 2 is 1.73 bits per heavy atom. The van der Waals surface area contributed by atoms with Crippen molar-refractivity contribution < 1.29 is 22.7 Å². The number of hydrogen-bond donors (Lipinski definition) is 3. The van der Waals surface area contributed by atoms with Gasteiger partial charge >= 0.3 is 6.03 Å². The molecule has 0 heterocycles. The summed E-state index contributed by atoms with van der Waals surface area (Å²) in [7, 11) is -3.89. The van der Waals surface area contributed by atoms with Gasteiger partial charge < -0.3 is 15.7 Å². The molecule has 0 aromatic heterocycles. The number of sulfone groups is 1. The number of halogens is 3. The van der Waals surface area contributed by atoms with Crippen LogP contribution in [-0.4, -0.2) is 24.8 Å². The van der Waals surface area contributed by atoms with Crippen molar-refractivity contribution in [3.8, 4) is 5.75 Å². The van der Waals surface area contributed by atoms with Crippen molar-refractivity contribution in [1.29, 1.82) is 0 Å². The molecule has 0 bridgehead atoms. The number of nitrogens with one attached hydrogen (secondary N) is 2. The van der Waals surface area contributed by atoms with Crippen molar-refractivity contribution in [2.45, 2.75) is 24.0 Å². The van der Waals surface area contributed by atoms with Gasteiger partial charge in [0.05, 0.1) is 26.7 Å². The van der Waals surface area contributed by atoms with Crippen LogP contribution in [0.1, 0.15) is 13.8 Å². The zero-order valence-corrected chi connectivity index (χ0v) is 16.0. The highest BCUT2D eigenvalue weighted by Gasteiger charge is 2.28. The van der Waals surface area contributed by atoms with E-state index < -0.39 is 37.6 Å². The standard InChI is InChI=1S/C16H15Cl2FN2O4S/c1-8(2)26(24,25)15-9(17)6-7-12(14(15)22)21-16(23)20-11-5-3-4-10(19)13(11)18/h3-8,22H,1-2H3,(H2,20,21,23). The largest absolute Gasteiger partial charge is 0.504 e. The minimum absolute atomic E-state index is 0.00708. The van der Waals surface area contributed by atoms with Crippen LogP contribution in [0.25, 0.3) is 0 Å². The molecule has 0 aliphatic carbocycles. The van der Waals surface area contributed by atoms with E-state index in [0.717, 1.165) is 6.07 Å². The summed E-state index contributed by atoms with van der Waals surface area (Å²) in [6.45, 7) is 2.87. The van der Waals surface area contributed by atoms with Crippen molar-refractivity contribution in [3.05, 3.63) is 46.2 Å². The molecule has 26 heavy (non-hydrogen) atoms. The number of aromatic hydroxyl groups is 1. The second-order valence-corrected chi connectivity index (χ2v) is 8.77. The van der Waals surface area contributed by atoms with Gasteiger partial charge in [0.2, 0.25) is 0 Å². The average Bonchev–Trinajstić information content (AvgIpc) is 2.54. The maximum atomic E-state index is 13.4. The second kappa shape index (κ2) is 7.69. The third kappa shape index (κ3) is 4.03. The summed E-state index contributed by atoms with van der Waals surface area (Å²) in [6, 6.07) is 5.47. The number of anilines is 2. The monoisotopic (exact) mass is 420 g/mol. The Balaban J connectivity index is 2.33. The van der Waals surface area contributed by atoms with Crippen LogP contribution in [0.2, 0.25) is 10.0 Å². The first-order valence-electron chi connectivity index (χ1n) is 7.33. The zero-order valence-electron chi connectivity index (χ0n) is 13.7. The average molecular weight is 421 g/mol. The Kier molecular flexibility index (Phi) is 6.00. The van der Waals surface area contributed by atoms with Gasteiger partial charge in [0, 0.05) is 0 Å². The molecule has 2 rings (SSSR count). The molecule has 3 N–H and O–H groups in total. The number of rotatable bonds is 4. The van der Waals surface area contributed by atoms with Crippen molar-refractivity contribution in [1.82, 2.24) is 0 Å². The van der Waals surface area contributed by atoms with E-state index in [2.05, 4.69) is 10.6 Å². The molecule has 2 aromatic rings. The van der Waals surface area contributed by atoms with Gasteiger partial charge in [-0.15, -0.1) is 0 Å². The number of benzene rings is 2. The highest BCUT2D eigenvalue weighted by molar-refractivity contribution is 7.92. The molecule has 0 radical (unpaired) electrons. The summed E-state index contributed by atoms with van der Waals surface area (Å²) in [5, 5.41) is 13.6. The molecule has 0 fully saturated rings. The van der Waals surface area contributed by atoms with Crippen LogP contribution in [0.4, 0.5) is 20.6 Å². The van der Waals surface area contributed by atoms with Gasteiger partial charge in [0.25, 0.3) is 0 Å². The Morgan fingerprint density at radius 3 is 2.35 bits per heavy atom. The van der Waals surface area contributed by atoms with E-state index >= 15 is 0 Å². The Bertz CT molecular complexity index is 965. The quantitative estimate of drug-likeness (QED) is 0.626. The van der Waals surface area contributed by atoms with E-state index in [1.54, 1.807) is 0 Å². The van der Waals surface area contributed by atoms with Crippen LogP contribution in [0.5, 0.6) is 5.75 Å². The molecule has 0 saturated heterocycles. The lowest BCUT2D eigenvalue weighted by atomic mass is 10.3. The molecule has 0 aliphatic heterocycles. The SMILES string of the molecule is CC(C)S(=O)(=O)c1c(Cl)ccc(NC(=O)Nc2cccc(F)c2Cl)c1O. The minimum atomic E-state index is -3.89. The number of phenols is 1. The molecule has 0 saturated carbocycles. The number of hydrogen-bond acceptors (Lipinski definition) is 4. The van der Waals surface area contributed by atoms with E-state index in [1.165, 1.54) is 38.1 Å². The third-order valence-electron chi connectivity index (χ3n) is 3.44. The topological polar surface area (TPSA) is 95.5 Å². The highest BCUT2D eigenvalue weighted by atomic mass is 35.5. The molecule has 2 amide bonds. The van der Waals surface area contributed by atoms with Gasteiger partial charge in [-0.25, -0.2) is 17.6 Å². The zero-order chi connectivity index (χ0) is 19.6. The lowest BCUT2D eigenvalue weighted by Gasteiger charge is -2.15. The van der Waals surface area contributed by atoms with Gasteiger partial charge in [0.1, 0.15) is 10.7 Å². The van der Waals surface area contributed by atoms with Gasteiger partial charge in [0.15, 0.2) is 15.6 Å². The Hall–Kier alpha value is -2.03. The Labute approximate surface area is 159 Å². The van der Waals surface area contributed by atoms with E-state index in [1.807, 2.05) is 0 Å². The summed E-state index contributed by atoms with van der Waals surface area (Å²) in [5.74, 6) is -1.41. The van der Waals surface area contributed by atoms with Crippen LogP contribution in [-0.2, 0) is 9.84 Å². The molecule has 10 heteroatoms. The predicted molar refractivity (Wildman–Crippen MR) is 99.5 cm³/mol. The van der Waals surface area contributed by atoms with E-state index in [0.29, 0.717) is 0 Å². The van der Waals surface area contributed by atoms with Crippen LogP contribution in [0, 0.1) is 5.82 Å². The minimum Gasteiger partial charge on any atom is -0.504 e. The molecule has 0 atom stereocenters. The number of carbonyl (C=O) groups excluding carboxylic acids is 1. The summed E-state index contributed by atoms with van der Waals surface area (Å²) in [4.78, 5) is 11.6. The molecule has 0 spiro atoms. The summed E-state index contributed by atoms with van der Waals surface area (Å²) in [5.41, 5.74) is -0.175. The third-order valence-corrected chi connectivity index (χ3v) is 6.47. The lowest BCUT2D eigenvalue weighted by molar-refractivity contribution is 0.262. The summed E-state index contributed by atoms with van der Waals surface area (Å²) >= 11 is 11.7. The maximum absolute atomic E-state index is 13.4. The van der Waals surface area contributed by atoms with E-state index in [-0.39, 0.29) is 21.4 Å². The fourth-order valence-corrected chi connectivity index (χ4v) is 3.87. The smallest absolute Gasteiger partial charge is 0.323 e. The van der Waals surface area contributed by atoms with Gasteiger partial charge in [-0.2, -0.15) is 0 Å². The van der Waals surface area contributed by atoms with Crippen LogP contribution < -0.4 is 10.6 Å². The van der Waals surface area contributed by atoms with Crippen molar-refractivity contribution >= 4 is 50.4 Å². The molecular formula is C16H15Cl2FN2O4S. The second-order valence-electron chi connectivity index (χ2n) is 5.55. The first kappa shape index (κ1) is 20.3. The molecule has 0 unspecified atom stereocenters. The molecule has 6 nitrogen and oxygen atoms in total. The molecular weight excluding hydrogens is 406 g/mol. The number of amides is 2. The molecule has 2 aromatic carbocycles. The summed E-state index contributed by atoms with van der Waals surface area (Å²) < 4.78 is 38.1. The fraction of sp³-hybridized carbons (Fsp3) is 0.188. The number of urea groups is 1. The van der Waals surface area contributed by atoms with Gasteiger partial charge in [-0.3, -0.25) is 0 Å². The maximum Gasteiger partial charge on any atom is 0.323 e. The van der Waals surface area contributed by atoms with Crippen molar-refractivity contribution in [2.24, 2.45) is 0 Å². The normalized spacial score (nSPS) is 11.5. The van der Waals surface area contributed by atoms with Crippen LogP contribution in [0.3, 0.4) is 0 Å². The van der Waals surface area contributed by atoms with Crippen molar-refractivity contribution in [3.63, 3.8) is 0 Å². The first-order valence-corrected chi connectivity index (χ1v) is 9.63. The fourth-order valence-electron chi connectivity index (χ4n) is 2.03. The van der Waals surface area contributed by atoms with Gasteiger partial charge in [-0.05, 0) is 38.1 Å². The molecule has 140 valence electrons. The van der Waals surface area contributed by atoms with Gasteiger partial charge in [-0.1, -0.05) is 29.3 Å². The van der Waals surface area contributed by atoms with Crippen molar-refractivity contribution in [2.75, 3.05) is 10.6 Å². The summed E-state index contributed by atoms with van der Waals surface area (Å²) in [6.07, 6.45) is 0. The predicted octanol–water partition coefficient (Wildman–Crippen LogP) is 4.66. The van der Waals surface area contributed by atoms with E-state index in [4.69, 9.17) is 23.2 Å². The van der Waals surface area contributed by atoms with Crippen LogP contribution in [0.15, 0.2) is 35.2 Å². The Morgan fingerprint density at radius 1 is 1.12 bits per heavy atom. The first-order chi connectivity index (χ1) is 12.1. The van der Waals surface area contributed by atoms with Crippen LogP contribution >= 0.6 is 23.2 Å². The lowest BCUT2D eigenvalue weighted by Crippen LogP contribution is -2.21.